The van der Waals surface area contributed by atoms with E-state index in [9.17, 15) is 4.39 Å². The summed E-state index contributed by atoms with van der Waals surface area (Å²) >= 11 is 0. The molecule has 2 atom stereocenters. The predicted octanol–water partition coefficient (Wildman–Crippen LogP) is 2.13. The van der Waals surface area contributed by atoms with Crippen LogP contribution in [0, 0.1) is 11.7 Å². The predicted molar refractivity (Wildman–Crippen MR) is 71.8 cm³/mol. The van der Waals surface area contributed by atoms with Crippen molar-refractivity contribution in [1.29, 1.82) is 0 Å². The van der Waals surface area contributed by atoms with Gasteiger partial charge in [0.25, 0.3) is 0 Å². The largest absolute Gasteiger partial charge is 0.315 e. The molecule has 2 nitrogen and oxygen atoms in total. The Hall–Kier alpha value is -1.19. The second-order valence-corrected chi connectivity index (χ2v) is 5.22. The van der Waals surface area contributed by atoms with E-state index in [0.29, 0.717) is 0 Å². The van der Waals surface area contributed by atoms with Gasteiger partial charge in [0.1, 0.15) is 5.82 Å². The highest BCUT2D eigenvalue weighted by molar-refractivity contribution is 5.49. The molecule has 1 aromatic carbocycles. The second-order valence-electron chi connectivity index (χ2n) is 5.22. The van der Waals surface area contributed by atoms with Crippen molar-refractivity contribution in [3.8, 4) is 0 Å². The molecule has 0 amide bonds. The van der Waals surface area contributed by atoms with Gasteiger partial charge in [-0.15, -0.1) is 0 Å². The molecule has 2 saturated heterocycles. The molecule has 18 heavy (non-hydrogen) atoms. The minimum atomic E-state index is -0.174. The molecular weight excluding hydrogens is 227 g/mol. The standard InChI is InChI=1S/C15H19FN2/c16-14-5-3-12(4-6-14)2-1-8-18-9-7-13-10-17-11-15(13)18/h1-6,13,15,17H,7-11H2. The second kappa shape index (κ2) is 5.21. The Labute approximate surface area is 107 Å². The van der Waals surface area contributed by atoms with Gasteiger partial charge in [0.15, 0.2) is 0 Å². The zero-order chi connectivity index (χ0) is 12.4. The van der Waals surface area contributed by atoms with Gasteiger partial charge >= 0.3 is 0 Å². The molecule has 0 bridgehead atoms. The maximum absolute atomic E-state index is 12.8. The van der Waals surface area contributed by atoms with Crippen molar-refractivity contribution in [3.05, 3.63) is 41.7 Å². The molecule has 3 rings (SSSR count). The maximum atomic E-state index is 12.8. The fourth-order valence-corrected chi connectivity index (χ4v) is 3.06. The summed E-state index contributed by atoms with van der Waals surface area (Å²) in [6.45, 7) is 4.53. The maximum Gasteiger partial charge on any atom is 0.123 e. The van der Waals surface area contributed by atoms with Crippen LogP contribution in [0.2, 0.25) is 0 Å². The molecule has 0 saturated carbocycles. The van der Waals surface area contributed by atoms with Crippen LogP contribution in [0.4, 0.5) is 4.39 Å². The Balaban J connectivity index is 1.56. The molecule has 96 valence electrons. The third-order valence-electron chi connectivity index (χ3n) is 4.08. The smallest absolute Gasteiger partial charge is 0.123 e. The van der Waals surface area contributed by atoms with E-state index in [4.69, 9.17) is 0 Å². The first-order valence-electron chi connectivity index (χ1n) is 6.70. The van der Waals surface area contributed by atoms with Gasteiger partial charge in [-0.2, -0.15) is 0 Å². The molecule has 2 heterocycles. The molecule has 1 aromatic rings. The number of halogens is 1. The number of hydrogen-bond acceptors (Lipinski definition) is 2. The minimum absolute atomic E-state index is 0.174. The molecule has 3 heteroatoms. The first-order valence-corrected chi connectivity index (χ1v) is 6.70. The Bertz CT molecular complexity index is 427. The average Bonchev–Trinajstić information content (AvgIpc) is 2.96. The molecule has 2 aliphatic heterocycles. The lowest BCUT2D eigenvalue weighted by atomic mass is 10.1. The third kappa shape index (κ3) is 2.47. The molecule has 0 aliphatic carbocycles. The summed E-state index contributed by atoms with van der Waals surface area (Å²) in [5, 5.41) is 3.46. The summed E-state index contributed by atoms with van der Waals surface area (Å²) in [6.07, 6.45) is 5.59. The Morgan fingerprint density at radius 2 is 2.11 bits per heavy atom. The van der Waals surface area contributed by atoms with Crippen LogP contribution in [0.15, 0.2) is 30.3 Å². The summed E-state index contributed by atoms with van der Waals surface area (Å²) in [5.41, 5.74) is 1.07. The fourth-order valence-electron chi connectivity index (χ4n) is 3.06. The lowest BCUT2D eigenvalue weighted by Crippen LogP contribution is -2.34. The van der Waals surface area contributed by atoms with E-state index < -0.39 is 0 Å². The zero-order valence-electron chi connectivity index (χ0n) is 10.5. The summed E-state index contributed by atoms with van der Waals surface area (Å²) in [4.78, 5) is 2.55. The first kappa shape index (κ1) is 11.9. The highest BCUT2D eigenvalue weighted by Crippen LogP contribution is 2.26. The van der Waals surface area contributed by atoms with Gasteiger partial charge in [-0.25, -0.2) is 4.39 Å². The van der Waals surface area contributed by atoms with E-state index in [0.717, 1.165) is 30.6 Å². The van der Waals surface area contributed by atoms with Crippen molar-refractivity contribution in [1.82, 2.24) is 10.2 Å². The number of benzene rings is 1. The van der Waals surface area contributed by atoms with Crippen LogP contribution in [-0.4, -0.2) is 37.1 Å². The van der Waals surface area contributed by atoms with Crippen molar-refractivity contribution < 1.29 is 4.39 Å². The Morgan fingerprint density at radius 3 is 2.94 bits per heavy atom. The molecule has 0 aromatic heterocycles. The monoisotopic (exact) mass is 246 g/mol. The highest BCUT2D eigenvalue weighted by atomic mass is 19.1. The highest BCUT2D eigenvalue weighted by Gasteiger charge is 2.36. The number of likely N-dealkylation sites (tertiary alicyclic amines) is 1. The van der Waals surface area contributed by atoms with E-state index in [1.165, 1.54) is 31.6 Å². The third-order valence-corrected chi connectivity index (χ3v) is 4.08. The molecule has 0 radical (unpaired) electrons. The number of fused-ring (bicyclic) bond motifs is 1. The molecule has 2 aliphatic rings. The van der Waals surface area contributed by atoms with E-state index in [1.807, 2.05) is 12.1 Å². The van der Waals surface area contributed by atoms with E-state index in [1.54, 1.807) is 0 Å². The van der Waals surface area contributed by atoms with Crippen molar-refractivity contribution in [3.63, 3.8) is 0 Å². The van der Waals surface area contributed by atoms with Gasteiger partial charge in [0, 0.05) is 19.1 Å². The van der Waals surface area contributed by atoms with Crippen LogP contribution in [0.3, 0.4) is 0 Å². The number of nitrogens with one attached hydrogen (secondary N) is 1. The van der Waals surface area contributed by atoms with Gasteiger partial charge in [-0.1, -0.05) is 24.3 Å². The molecule has 2 fully saturated rings. The first-order chi connectivity index (χ1) is 8.83. The summed E-state index contributed by atoms with van der Waals surface area (Å²) in [7, 11) is 0. The van der Waals surface area contributed by atoms with Gasteiger partial charge in [0.2, 0.25) is 0 Å². The van der Waals surface area contributed by atoms with E-state index >= 15 is 0 Å². The minimum Gasteiger partial charge on any atom is -0.315 e. The van der Waals surface area contributed by atoms with Gasteiger partial charge in [-0.3, -0.25) is 4.90 Å². The Kier molecular flexibility index (Phi) is 3.43. The normalized spacial score (nSPS) is 28.1. The van der Waals surface area contributed by atoms with Crippen molar-refractivity contribution >= 4 is 6.08 Å². The number of hydrogen-bond donors (Lipinski definition) is 1. The zero-order valence-corrected chi connectivity index (χ0v) is 10.5. The summed E-state index contributed by atoms with van der Waals surface area (Å²) < 4.78 is 12.8. The van der Waals surface area contributed by atoms with Crippen molar-refractivity contribution in [2.45, 2.75) is 12.5 Å². The molecule has 0 spiro atoms. The van der Waals surface area contributed by atoms with Crippen molar-refractivity contribution in [2.75, 3.05) is 26.2 Å². The van der Waals surface area contributed by atoms with E-state index in [2.05, 4.69) is 22.4 Å². The van der Waals surface area contributed by atoms with Crippen LogP contribution in [0.1, 0.15) is 12.0 Å². The van der Waals surface area contributed by atoms with Gasteiger partial charge in [-0.05, 0) is 43.1 Å². The van der Waals surface area contributed by atoms with Crippen LogP contribution in [-0.2, 0) is 0 Å². The average molecular weight is 246 g/mol. The van der Waals surface area contributed by atoms with Gasteiger partial charge in [0.05, 0.1) is 0 Å². The van der Waals surface area contributed by atoms with Crippen LogP contribution in [0.25, 0.3) is 6.08 Å². The topological polar surface area (TPSA) is 15.3 Å². The molecule has 1 N–H and O–H groups in total. The lowest BCUT2D eigenvalue weighted by molar-refractivity contribution is 0.279. The summed E-state index contributed by atoms with van der Waals surface area (Å²) in [6, 6.07) is 7.37. The summed E-state index contributed by atoms with van der Waals surface area (Å²) in [5.74, 6) is 0.677. The molecule has 2 unspecified atom stereocenters. The van der Waals surface area contributed by atoms with Crippen LogP contribution < -0.4 is 5.32 Å². The lowest BCUT2D eigenvalue weighted by Gasteiger charge is -2.21. The Morgan fingerprint density at radius 1 is 1.28 bits per heavy atom. The fraction of sp³-hybridized carbons (Fsp3) is 0.467. The number of nitrogens with zero attached hydrogens (tertiary/aromatic N) is 1. The quantitative estimate of drug-likeness (QED) is 0.879. The van der Waals surface area contributed by atoms with E-state index in [-0.39, 0.29) is 5.82 Å². The van der Waals surface area contributed by atoms with Crippen LogP contribution in [0.5, 0.6) is 0 Å². The number of rotatable bonds is 3. The van der Waals surface area contributed by atoms with Crippen molar-refractivity contribution in [2.24, 2.45) is 5.92 Å². The van der Waals surface area contributed by atoms with Gasteiger partial charge < -0.3 is 5.32 Å². The van der Waals surface area contributed by atoms with Crippen LogP contribution >= 0.6 is 0 Å². The SMILES string of the molecule is Fc1ccc(C=CCN2CCC3CNCC32)cc1. The molecular formula is C15H19FN2.